The Morgan fingerprint density at radius 1 is 1.17 bits per heavy atom. The van der Waals surface area contributed by atoms with Gasteiger partial charge in [-0.05, 0) is 42.5 Å². The highest BCUT2D eigenvalue weighted by Crippen LogP contribution is 2.27. The molecule has 4 aromatic rings. The van der Waals surface area contributed by atoms with Gasteiger partial charge in [0, 0.05) is 29.7 Å². The number of H-pyrrole nitrogens is 1. The summed E-state index contributed by atoms with van der Waals surface area (Å²) in [4.78, 5) is 4.06. The van der Waals surface area contributed by atoms with Gasteiger partial charge in [-0.2, -0.15) is 10.2 Å². The van der Waals surface area contributed by atoms with Crippen molar-refractivity contribution in [2.75, 3.05) is 6.61 Å². The maximum atomic E-state index is 14.4. The van der Waals surface area contributed by atoms with Crippen molar-refractivity contribution in [3.05, 3.63) is 66.9 Å². The van der Waals surface area contributed by atoms with Crippen molar-refractivity contribution in [2.45, 2.75) is 12.6 Å². The van der Waals surface area contributed by atoms with Gasteiger partial charge in [-0.15, -0.1) is 0 Å². The van der Waals surface area contributed by atoms with Crippen molar-refractivity contribution in [3.63, 3.8) is 0 Å². The van der Waals surface area contributed by atoms with Gasteiger partial charge in [0.05, 0.1) is 24.5 Å². The minimum Gasteiger partial charge on any atom is -0.436 e. The average Bonchev–Trinajstić information content (AvgIpc) is 3.42. The number of pyridine rings is 1. The van der Waals surface area contributed by atoms with Gasteiger partial charge in [0.25, 0.3) is 5.88 Å². The number of rotatable bonds is 7. The largest absolute Gasteiger partial charge is 0.436 e. The molecule has 1 atom stereocenters. The highest BCUT2D eigenvalue weighted by molar-refractivity contribution is 5.60. The van der Waals surface area contributed by atoms with Crippen molar-refractivity contribution >= 4 is 0 Å². The smallest absolute Gasteiger partial charge is 0.255 e. The van der Waals surface area contributed by atoms with Crippen LogP contribution in [0.4, 0.5) is 4.39 Å². The fraction of sp³-hybridized carbons (Fsp3) is 0.150. The number of nitrogens with one attached hydrogen (secondary N) is 1. The van der Waals surface area contributed by atoms with E-state index in [1.807, 2.05) is 24.4 Å². The van der Waals surface area contributed by atoms with E-state index in [1.165, 1.54) is 12.3 Å². The van der Waals surface area contributed by atoms with E-state index in [-0.39, 0.29) is 18.5 Å². The van der Waals surface area contributed by atoms with Crippen LogP contribution in [-0.4, -0.2) is 42.7 Å². The van der Waals surface area contributed by atoms with Crippen LogP contribution in [0.1, 0.15) is 0 Å². The molecule has 0 bridgehead atoms. The number of hydrogen-bond donors (Lipinski definition) is 3. The third kappa shape index (κ3) is 4.31. The third-order valence-electron chi connectivity index (χ3n) is 4.33. The predicted octanol–water partition coefficient (Wildman–Crippen LogP) is 1.87. The summed E-state index contributed by atoms with van der Waals surface area (Å²) >= 11 is 0. The maximum Gasteiger partial charge on any atom is 0.255 e. The summed E-state index contributed by atoms with van der Waals surface area (Å²) in [5.41, 5.74) is 6.79. The molecule has 3 aromatic heterocycles. The third-order valence-corrected chi connectivity index (χ3v) is 4.33. The minimum atomic E-state index is -0.563. The molecule has 0 saturated heterocycles. The molecule has 1 aromatic carbocycles. The number of ether oxygens (including phenoxy) is 1. The van der Waals surface area contributed by atoms with Gasteiger partial charge < -0.3 is 15.6 Å². The van der Waals surface area contributed by atoms with Crippen LogP contribution in [0.15, 0.2) is 61.1 Å². The van der Waals surface area contributed by atoms with Crippen LogP contribution in [0.25, 0.3) is 22.5 Å². The molecule has 29 heavy (non-hydrogen) atoms. The molecular weight excluding hydrogens is 375 g/mol. The second kappa shape index (κ2) is 8.21. The Morgan fingerprint density at radius 3 is 2.69 bits per heavy atom. The Kier molecular flexibility index (Phi) is 5.32. The van der Waals surface area contributed by atoms with Gasteiger partial charge in [-0.25, -0.2) is 9.37 Å². The van der Waals surface area contributed by atoms with E-state index in [0.29, 0.717) is 23.6 Å². The number of benzene rings is 1. The van der Waals surface area contributed by atoms with Crippen molar-refractivity contribution < 1.29 is 20.0 Å². The van der Waals surface area contributed by atoms with Crippen LogP contribution in [0.5, 0.6) is 11.6 Å². The Labute approximate surface area is 165 Å². The van der Waals surface area contributed by atoms with Gasteiger partial charge in [0.1, 0.15) is 11.8 Å². The molecule has 0 aliphatic heterocycles. The standard InChI is InChI=1S/C20H19FN6O2/c21-17-9-14(18-5-7-24-25-18)10-23-20(17)29-16-3-1-13(2-4-16)19-6-8-27(26-19)11-15(22)12-28/h1-10,15,28H,11-12,22H2,(H,24,25)/p+1/t15-/m0/s1. The molecule has 5 N–H and O–H groups in total. The fourth-order valence-corrected chi connectivity index (χ4v) is 2.81. The minimum absolute atomic E-state index is 0.00862. The number of aromatic nitrogens is 5. The van der Waals surface area contributed by atoms with Gasteiger partial charge in [0.15, 0.2) is 5.82 Å². The molecule has 0 spiro atoms. The molecule has 0 aliphatic carbocycles. The average molecular weight is 395 g/mol. The van der Waals surface area contributed by atoms with Crippen molar-refractivity contribution in [2.24, 2.45) is 0 Å². The lowest BCUT2D eigenvalue weighted by Crippen LogP contribution is -2.64. The maximum absolute atomic E-state index is 14.4. The zero-order chi connectivity index (χ0) is 20.2. The molecule has 0 saturated carbocycles. The van der Waals surface area contributed by atoms with Crippen molar-refractivity contribution in [1.29, 1.82) is 0 Å². The van der Waals surface area contributed by atoms with Gasteiger partial charge in [-0.3, -0.25) is 9.78 Å². The second-order valence-electron chi connectivity index (χ2n) is 6.58. The topological polar surface area (TPSA) is 116 Å². The van der Waals surface area contributed by atoms with Crippen LogP contribution >= 0.6 is 0 Å². The first-order chi connectivity index (χ1) is 14.1. The van der Waals surface area contributed by atoms with Crippen LogP contribution in [0.2, 0.25) is 0 Å². The molecule has 0 radical (unpaired) electrons. The lowest BCUT2D eigenvalue weighted by molar-refractivity contribution is -0.428. The monoisotopic (exact) mass is 395 g/mol. The Bertz CT molecular complexity index is 1080. The first kappa shape index (κ1) is 18.8. The molecular formula is C20H20FN6O2+. The fourth-order valence-electron chi connectivity index (χ4n) is 2.81. The zero-order valence-electron chi connectivity index (χ0n) is 15.5. The van der Waals surface area contributed by atoms with Gasteiger partial charge >= 0.3 is 0 Å². The molecule has 8 nitrogen and oxygen atoms in total. The lowest BCUT2D eigenvalue weighted by Gasteiger charge is -2.07. The van der Waals surface area contributed by atoms with Gasteiger partial charge in [0.2, 0.25) is 0 Å². The van der Waals surface area contributed by atoms with E-state index in [1.54, 1.807) is 29.1 Å². The van der Waals surface area contributed by atoms with E-state index >= 15 is 0 Å². The van der Waals surface area contributed by atoms with Crippen LogP contribution in [0.3, 0.4) is 0 Å². The number of halogens is 1. The van der Waals surface area contributed by atoms with Gasteiger partial charge in [-0.1, -0.05) is 0 Å². The SMILES string of the molecule is [NH3+][C@H](CO)Cn1ccc(-c2ccc(Oc3ncc(-c4ccn[nH]4)cc3F)cc2)n1. The van der Waals surface area contributed by atoms with Crippen LogP contribution in [0, 0.1) is 5.82 Å². The zero-order valence-corrected chi connectivity index (χ0v) is 15.5. The number of nitrogens with zero attached hydrogens (tertiary/aromatic N) is 4. The summed E-state index contributed by atoms with van der Waals surface area (Å²) in [5, 5.41) is 20.2. The molecule has 0 amide bonds. The highest BCUT2D eigenvalue weighted by atomic mass is 19.1. The van der Waals surface area contributed by atoms with E-state index in [4.69, 9.17) is 9.84 Å². The molecule has 148 valence electrons. The highest BCUT2D eigenvalue weighted by Gasteiger charge is 2.11. The van der Waals surface area contributed by atoms with E-state index in [9.17, 15) is 4.39 Å². The molecule has 3 heterocycles. The number of quaternary nitrogens is 1. The molecule has 0 fully saturated rings. The van der Waals surface area contributed by atoms with Crippen molar-refractivity contribution in [1.82, 2.24) is 25.0 Å². The first-order valence-corrected chi connectivity index (χ1v) is 9.03. The Balaban J connectivity index is 1.46. The lowest BCUT2D eigenvalue weighted by atomic mass is 10.1. The summed E-state index contributed by atoms with van der Waals surface area (Å²) < 4.78 is 21.7. The Hall–Kier alpha value is -3.56. The second-order valence-corrected chi connectivity index (χ2v) is 6.58. The van der Waals surface area contributed by atoms with E-state index < -0.39 is 5.82 Å². The molecule has 0 unspecified atom stereocenters. The van der Waals surface area contributed by atoms with Crippen molar-refractivity contribution in [3.8, 4) is 34.1 Å². The summed E-state index contributed by atoms with van der Waals surface area (Å²) in [6, 6.07) is 12.0. The number of hydrogen-bond acceptors (Lipinski definition) is 5. The summed E-state index contributed by atoms with van der Waals surface area (Å²) in [6.45, 7) is 0.547. The Morgan fingerprint density at radius 2 is 2.00 bits per heavy atom. The molecule has 4 rings (SSSR count). The first-order valence-electron chi connectivity index (χ1n) is 9.03. The normalized spacial score (nSPS) is 12.1. The number of aliphatic hydroxyl groups excluding tert-OH is 1. The predicted molar refractivity (Wildman–Crippen MR) is 103 cm³/mol. The van der Waals surface area contributed by atoms with E-state index in [2.05, 4.69) is 26.0 Å². The quantitative estimate of drug-likeness (QED) is 0.442. The number of aromatic amines is 1. The van der Waals surface area contributed by atoms with E-state index in [0.717, 1.165) is 11.3 Å². The molecule has 0 aliphatic rings. The summed E-state index contributed by atoms with van der Waals surface area (Å²) in [7, 11) is 0. The summed E-state index contributed by atoms with van der Waals surface area (Å²) in [5.74, 6) is -0.200. The van der Waals surface area contributed by atoms with Crippen LogP contribution in [-0.2, 0) is 6.54 Å². The number of aliphatic hydroxyl groups is 1. The van der Waals surface area contributed by atoms with Crippen LogP contribution < -0.4 is 10.5 Å². The summed E-state index contributed by atoms with van der Waals surface area (Å²) in [6.07, 6.45) is 4.95. The molecule has 9 heteroatoms.